The van der Waals surface area contributed by atoms with Crippen LogP contribution in [0.25, 0.3) is 0 Å². The Morgan fingerprint density at radius 1 is 1.38 bits per heavy atom. The fraction of sp³-hybridized carbons (Fsp3) is 0.800. The van der Waals surface area contributed by atoms with E-state index in [4.69, 9.17) is 5.73 Å². The van der Waals surface area contributed by atoms with E-state index < -0.39 is 0 Å². The average Bonchev–Trinajstić information content (AvgIpc) is 2.73. The van der Waals surface area contributed by atoms with Gasteiger partial charge in [-0.3, -0.25) is 9.59 Å². The van der Waals surface area contributed by atoms with E-state index in [0.29, 0.717) is 6.54 Å². The number of hydrogen-bond donors (Lipinski definition) is 3. The lowest BCUT2D eigenvalue weighted by Crippen LogP contribution is -2.40. The molecule has 0 radical (unpaired) electrons. The number of nitrogens with one attached hydrogen (secondary N) is 2. The van der Waals surface area contributed by atoms with E-state index >= 15 is 0 Å². The summed E-state index contributed by atoms with van der Waals surface area (Å²) in [6.07, 6.45) is 2.97. The molecule has 0 aromatic heterocycles. The summed E-state index contributed by atoms with van der Waals surface area (Å²) in [7, 11) is 1.55. The highest BCUT2D eigenvalue weighted by Crippen LogP contribution is 2.30. The van der Waals surface area contributed by atoms with Crippen LogP contribution in [0.15, 0.2) is 0 Å². The van der Waals surface area contributed by atoms with Crippen molar-refractivity contribution in [1.29, 1.82) is 0 Å². The molecule has 1 rings (SSSR count). The van der Waals surface area contributed by atoms with Gasteiger partial charge in [0.25, 0.3) is 0 Å². The number of nitrogens with two attached hydrogens (primary N) is 1. The predicted octanol–water partition coefficient (Wildman–Crippen LogP) is -0.355. The number of likely N-dealkylation sites (N-methyl/N-ethyl adjacent to an activating group) is 1. The molecule has 0 aliphatic heterocycles. The van der Waals surface area contributed by atoms with Gasteiger partial charge in [-0.1, -0.05) is 6.42 Å². The van der Waals surface area contributed by atoms with Crippen molar-refractivity contribution in [2.75, 3.05) is 20.1 Å². The van der Waals surface area contributed by atoms with Crippen LogP contribution < -0.4 is 16.4 Å². The van der Waals surface area contributed by atoms with Gasteiger partial charge in [-0.25, -0.2) is 0 Å². The summed E-state index contributed by atoms with van der Waals surface area (Å²) in [5.41, 5.74) is 5.58. The van der Waals surface area contributed by atoms with Crippen LogP contribution >= 0.6 is 12.4 Å². The summed E-state index contributed by atoms with van der Waals surface area (Å²) in [5, 5.41) is 5.09. The second-order valence-corrected chi connectivity index (χ2v) is 3.92. The molecule has 0 bridgehead atoms. The van der Waals surface area contributed by atoms with Crippen molar-refractivity contribution in [2.45, 2.75) is 19.3 Å². The van der Waals surface area contributed by atoms with Crippen LogP contribution in [0.1, 0.15) is 19.3 Å². The lowest BCUT2D eigenvalue weighted by molar-refractivity contribution is -0.129. The maximum absolute atomic E-state index is 11.7. The molecule has 0 spiro atoms. The zero-order valence-electron chi connectivity index (χ0n) is 9.49. The van der Waals surface area contributed by atoms with E-state index in [0.717, 1.165) is 19.3 Å². The molecular formula is C10H20ClN3O2. The van der Waals surface area contributed by atoms with Crippen LogP contribution in [0.3, 0.4) is 0 Å². The van der Waals surface area contributed by atoms with Crippen LogP contribution in [-0.4, -0.2) is 32.0 Å². The molecule has 4 N–H and O–H groups in total. The third-order valence-electron chi connectivity index (χ3n) is 3.00. The molecule has 5 nitrogen and oxygen atoms in total. The second kappa shape index (κ2) is 7.46. The SMILES string of the molecule is CNC(=O)CNC(=O)[C@@H]1CCC[C@@H]1CN.Cl. The number of hydrogen-bond acceptors (Lipinski definition) is 3. The highest BCUT2D eigenvalue weighted by atomic mass is 35.5. The fourth-order valence-electron chi connectivity index (χ4n) is 2.05. The van der Waals surface area contributed by atoms with Crippen molar-refractivity contribution in [1.82, 2.24) is 10.6 Å². The minimum Gasteiger partial charge on any atom is -0.358 e. The lowest BCUT2D eigenvalue weighted by atomic mass is 9.95. The monoisotopic (exact) mass is 249 g/mol. The first kappa shape index (κ1) is 15.2. The molecular weight excluding hydrogens is 230 g/mol. The molecule has 2 atom stereocenters. The first-order chi connectivity index (χ1) is 7.19. The fourth-order valence-corrected chi connectivity index (χ4v) is 2.05. The maximum atomic E-state index is 11.7. The number of amides is 2. The Morgan fingerprint density at radius 2 is 2.06 bits per heavy atom. The van der Waals surface area contributed by atoms with E-state index in [9.17, 15) is 9.59 Å². The average molecular weight is 250 g/mol. The van der Waals surface area contributed by atoms with Crippen LogP contribution in [0, 0.1) is 11.8 Å². The van der Waals surface area contributed by atoms with E-state index in [-0.39, 0.29) is 42.6 Å². The van der Waals surface area contributed by atoms with Gasteiger partial charge in [0, 0.05) is 13.0 Å². The maximum Gasteiger partial charge on any atom is 0.239 e. The van der Waals surface area contributed by atoms with Crippen molar-refractivity contribution < 1.29 is 9.59 Å². The van der Waals surface area contributed by atoms with Crippen molar-refractivity contribution in [3.05, 3.63) is 0 Å². The zero-order valence-corrected chi connectivity index (χ0v) is 10.3. The predicted molar refractivity (Wildman–Crippen MR) is 64.2 cm³/mol. The minimum absolute atomic E-state index is 0. The van der Waals surface area contributed by atoms with Gasteiger partial charge in [0.15, 0.2) is 0 Å². The van der Waals surface area contributed by atoms with Crippen molar-refractivity contribution >= 4 is 24.2 Å². The van der Waals surface area contributed by atoms with Crippen molar-refractivity contribution in [2.24, 2.45) is 17.6 Å². The molecule has 1 aliphatic carbocycles. The van der Waals surface area contributed by atoms with Gasteiger partial charge in [0.05, 0.1) is 6.54 Å². The summed E-state index contributed by atoms with van der Waals surface area (Å²) in [4.78, 5) is 22.6. The topological polar surface area (TPSA) is 84.2 Å². The van der Waals surface area contributed by atoms with Crippen LogP contribution in [-0.2, 0) is 9.59 Å². The molecule has 0 aromatic rings. The van der Waals surface area contributed by atoms with Crippen LogP contribution in [0.2, 0.25) is 0 Å². The van der Waals surface area contributed by atoms with Gasteiger partial charge >= 0.3 is 0 Å². The Balaban J connectivity index is 0.00000225. The highest BCUT2D eigenvalue weighted by Gasteiger charge is 2.31. The van der Waals surface area contributed by atoms with E-state index in [1.165, 1.54) is 0 Å². The Hall–Kier alpha value is -0.810. The first-order valence-corrected chi connectivity index (χ1v) is 5.37. The molecule has 0 unspecified atom stereocenters. The van der Waals surface area contributed by atoms with Crippen molar-refractivity contribution in [3.8, 4) is 0 Å². The number of carbonyl (C=O) groups excluding carboxylic acids is 2. The third kappa shape index (κ3) is 3.98. The van der Waals surface area contributed by atoms with Crippen molar-refractivity contribution in [3.63, 3.8) is 0 Å². The number of rotatable bonds is 4. The van der Waals surface area contributed by atoms with Gasteiger partial charge in [0.2, 0.25) is 11.8 Å². The quantitative estimate of drug-likeness (QED) is 0.637. The summed E-state index contributed by atoms with van der Waals surface area (Å²) in [5.74, 6) is 0.0755. The summed E-state index contributed by atoms with van der Waals surface area (Å²) in [6, 6.07) is 0. The first-order valence-electron chi connectivity index (χ1n) is 5.37. The Bertz CT molecular complexity index is 248. The van der Waals surface area contributed by atoms with E-state index in [2.05, 4.69) is 10.6 Å². The smallest absolute Gasteiger partial charge is 0.239 e. The van der Waals surface area contributed by atoms with Crippen LogP contribution in [0.5, 0.6) is 0 Å². The van der Waals surface area contributed by atoms with Gasteiger partial charge in [-0.05, 0) is 25.3 Å². The normalized spacial score (nSPS) is 23.4. The third-order valence-corrected chi connectivity index (χ3v) is 3.00. The number of carbonyl (C=O) groups is 2. The number of halogens is 1. The van der Waals surface area contributed by atoms with Gasteiger partial charge in [-0.2, -0.15) is 0 Å². The van der Waals surface area contributed by atoms with Gasteiger partial charge in [0.1, 0.15) is 0 Å². The molecule has 94 valence electrons. The molecule has 0 aromatic carbocycles. The second-order valence-electron chi connectivity index (χ2n) is 3.92. The lowest BCUT2D eigenvalue weighted by Gasteiger charge is -2.16. The van der Waals surface area contributed by atoms with E-state index in [1.807, 2.05) is 0 Å². The van der Waals surface area contributed by atoms with Crippen LogP contribution in [0.4, 0.5) is 0 Å². The van der Waals surface area contributed by atoms with Gasteiger partial charge in [-0.15, -0.1) is 12.4 Å². The molecule has 0 heterocycles. The summed E-state index contributed by atoms with van der Waals surface area (Å²) >= 11 is 0. The van der Waals surface area contributed by atoms with Gasteiger partial charge < -0.3 is 16.4 Å². The Morgan fingerprint density at radius 3 is 2.62 bits per heavy atom. The Labute approximate surface area is 102 Å². The largest absolute Gasteiger partial charge is 0.358 e. The zero-order chi connectivity index (χ0) is 11.3. The highest BCUT2D eigenvalue weighted by molar-refractivity contribution is 5.86. The Kier molecular flexibility index (Phi) is 7.08. The molecule has 1 fully saturated rings. The molecule has 0 saturated heterocycles. The summed E-state index contributed by atoms with van der Waals surface area (Å²) in [6.45, 7) is 0.612. The molecule has 1 saturated carbocycles. The minimum atomic E-state index is -0.175. The molecule has 2 amide bonds. The summed E-state index contributed by atoms with van der Waals surface area (Å²) < 4.78 is 0. The van der Waals surface area contributed by atoms with E-state index in [1.54, 1.807) is 7.05 Å². The molecule has 1 aliphatic rings. The molecule has 16 heavy (non-hydrogen) atoms. The molecule has 6 heteroatoms. The standard InChI is InChI=1S/C10H19N3O2.ClH/c1-12-9(14)6-13-10(15)8-4-2-3-7(8)5-11;/h7-8H,2-6,11H2,1H3,(H,12,14)(H,13,15);1H/t7-,8-;/m1./s1.